The maximum Gasteiger partial charge on any atom is 0.143 e. The van der Waals surface area contributed by atoms with Gasteiger partial charge in [-0.2, -0.15) is 0 Å². The second-order valence-electron chi connectivity index (χ2n) is 15.0. The Bertz CT molecular complexity index is 2650. The first-order valence-corrected chi connectivity index (χ1v) is 17.6. The molecule has 0 spiro atoms. The van der Waals surface area contributed by atoms with E-state index in [1.54, 1.807) is 0 Å². The summed E-state index contributed by atoms with van der Waals surface area (Å²) in [6.45, 7) is 9.45. The third-order valence-electron chi connectivity index (χ3n) is 11.5. The van der Waals surface area contributed by atoms with Gasteiger partial charge in [-0.05, 0) is 86.5 Å². The van der Waals surface area contributed by atoms with Gasteiger partial charge in [0.15, 0.2) is 0 Å². The van der Waals surface area contributed by atoms with Crippen LogP contribution in [0.4, 0.5) is 17.1 Å². The van der Waals surface area contributed by atoms with Crippen molar-refractivity contribution < 1.29 is 4.42 Å². The molecule has 240 valence electrons. The van der Waals surface area contributed by atoms with E-state index in [1.807, 2.05) is 12.1 Å². The first-order chi connectivity index (χ1) is 24.3. The standard InChI is InChI=1S/C48H37NO/c1-47(2)39-16-7-5-12-35(39)36-26-25-33(29-41(36)47)49-43-18-9-8-17-40(43)48(3,4)42-28-32(24-27-44(42)49)30-20-22-31(23-21-30)34-14-11-15-38-37-13-6-10-19-45(37)50-46(34)38/h5-29H,1-4H3. The molecular weight excluding hydrogens is 607 g/mol. The zero-order valence-corrected chi connectivity index (χ0v) is 28.8. The molecule has 8 aromatic rings. The van der Waals surface area contributed by atoms with E-state index in [9.17, 15) is 0 Å². The summed E-state index contributed by atoms with van der Waals surface area (Å²) >= 11 is 0. The molecular formula is C48H37NO. The number of furan rings is 1. The molecule has 10 rings (SSSR count). The van der Waals surface area contributed by atoms with E-state index in [0.29, 0.717) is 0 Å². The van der Waals surface area contributed by atoms with Crippen LogP contribution in [0.25, 0.3) is 55.3 Å². The predicted octanol–water partition coefficient (Wildman–Crippen LogP) is 13.3. The SMILES string of the molecule is CC1(C)c2ccccc2-c2ccc(N3c4ccccc4C(C)(C)c4cc(-c5ccc(-c6cccc7c6oc6ccccc67)cc5)ccc43)cc21. The third kappa shape index (κ3) is 4.02. The molecule has 0 N–H and O–H groups in total. The van der Waals surface area contributed by atoms with Gasteiger partial charge in [-0.1, -0.05) is 143 Å². The van der Waals surface area contributed by atoms with E-state index in [2.05, 4.69) is 172 Å². The number of rotatable bonds is 3. The van der Waals surface area contributed by atoms with Crippen molar-refractivity contribution in [2.75, 3.05) is 4.90 Å². The van der Waals surface area contributed by atoms with Gasteiger partial charge in [0.05, 0.1) is 11.4 Å². The van der Waals surface area contributed by atoms with Crippen molar-refractivity contribution >= 4 is 39.0 Å². The molecule has 2 heterocycles. The lowest BCUT2D eigenvalue weighted by molar-refractivity contribution is 0.631. The molecule has 0 saturated heterocycles. The smallest absolute Gasteiger partial charge is 0.143 e. The van der Waals surface area contributed by atoms with Crippen LogP contribution in [0.5, 0.6) is 0 Å². The molecule has 2 aliphatic rings. The maximum absolute atomic E-state index is 6.36. The van der Waals surface area contributed by atoms with Gasteiger partial charge in [-0.25, -0.2) is 0 Å². The average Bonchev–Trinajstić information content (AvgIpc) is 3.64. The number of anilines is 3. The van der Waals surface area contributed by atoms with Crippen molar-refractivity contribution in [2.24, 2.45) is 0 Å². The van der Waals surface area contributed by atoms with E-state index < -0.39 is 0 Å². The minimum absolute atomic E-state index is 0.0642. The summed E-state index contributed by atoms with van der Waals surface area (Å²) in [5.74, 6) is 0. The summed E-state index contributed by atoms with van der Waals surface area (Å²) in [5.41, 5.74) is 18.1. The van der Waals surface area contributed by atoms with Gasteiger partial charge in [-0.15, -0.1) is 0 Å². The molecule has 1 aliphatic carbocycles. The maximum atomic E-state index is 6.36. The fourth-order valence-corrected chi connectivity index (χ4v) is 8.81. The second-order valence-corrected chi connectivity index (χ2v) is 15.0. The van der Waals surface area contributed by atoms with E-state index >= 15 is 0 Å². The lowest BCUT2D eigenvalue weighted by Crippen LogP contribution is -2.30. The highest BCUT2D eigenvalue weighted by molar-refractivity contribution is 6.09. The molecule has 2 heteroatoms. The van der Waals surface area contributed by atoms with Crippen LogP contribution in [0.1, 0.15) is 49.9 Å². The van der Waals surface area contributed by atoms with Gasteiger partial charge in [0.25, 0.3) is 0 Å². The molecule has 0 bridgehead atoms. The van der Waals surface area contributed by atoms with Crippen LogP contribution in [0.3, 0.4) is 0 Å². The highest BCUT2D eigenvalue weighted by Crippen LogP contribution is 2.55. The van der Waals surface area contributed by atoms with E-state index in [-0.39, 0.29) is 10.8 Å². The van der Waals surface area contributed by atoms with Crippen LogP contribution in [-0.4, -0.2) is 0 Å². The molecule has 0 radical (unpaired) electrons. The van der Waals surface area contributed by atoms with Crippen LogP contribution in [0, 0.1) is 0 Å². The Kier molecular flexibility index (Phi) is 6.01. The Balaban J connectivity index is 1.07. The van der Waals surface area contributed by atoms with Crippen molar-refractivity contribution in [1.29, 1.82) is 0 Å². The topological polar surface area (TPSA) is 16.4 Å². The van der Waals surface area contributed by atoms with Crippen molar-refractivity contribution in [3.05, 3.63) is 174 Å². The molecule has 0 atom stereocenters. The minimum atomic E-state index is -0.179. The molecule has 7 aromatic carbocycles. The van der Waals surface area contributed by atoms with Gasteiger partial charge in [0.1, 0.15) is 11.2 Å². The summed E-state index contributed by atoms with van der Waals surface area (Å²) < 4.78 is 6.36. The molecule has 1 aliphatic heterocycles. The third-order valence-corrected chi connectivity index (χ3v) is 11.5. The highest BCUT2D eigenvalue weighted by Gasteiger charge is 2.39. The zero-order chi connectivity index (χ0) is 33.8. The van der Waals surface area contributed by atoms with Crippen LogP contribution < -0.4 is 4.90 Å². The summed E-state index contributed by atoms with van der Waals surface area (Å²) in [7, 11) is 0. The Labute approximate surface area is 293 Å². The summed E-state index contributed by atoms with van der Waals surface area (Å²) in [6.07, 6.45) is 0. The van der Waals surface area contributed by atoms with Crippen molar-refractivity contribution in [3.63, 3.8) is 0 Å². The molecule has 2 nitrogen and oxygen atoms in total. The Morgan fingerprint density at radius 3 is 1.90 bits per heavy atom. The number of fused-ring (bicyclic) bond motifs is 8. The van der Waals surface area contributed by atoms with Crippen molar-refractivity contribution in [2.45, 2.75) is 38.5 Å². The van der Waals surface area contributed by atoms with Crippen LogP contribution >= 0.6 is 0 Å². The number of nitrogens with zero attached hydrogens (tertiary/aromatic N) is 1. The van der Waals surface area contributed by atoms with E-state index in [0.717, 1.165) is 33.1 Å². The molecule has 0 fully saturated rings. The Morgan fingerprint density at radius 1 is 0.420 bits per heavy atom. The van der Waals surface area contributed by atoms with Crippen molar-refractivity contribution in [1.82, 2.24) is 0 Å². The minimum Gasteiger partial charge on any atom is -0.455 e. The largest absolute Gasteiger partial charge is 0.455 e. The molecule has 0 saturated carbocycles. The molecule has 50 heavy (non-hydrogen) atoms. The van der Waals surface area contributed by atoms with E-state index in [4.69, 9.17) is 4.42 Å². The quantitative estimate of drug-likeness (QED) is 0.190. The van der Waals surface area contributed by atoms with Gasteiger partial charge >= 0.3 is 0 Å². The molecule has 0 unspecified atom stereocenters. The number of para-hydroxylation sites is 3. The molecule has 0 amide bonds. The number of benzene rings is 7. The van der Waals surface area contributed by atoms with E-state index in [1.165, 1.54) is 61.6 Å². The molecule has 1 aromatic heterocycles. The Morgan fingerprint density at radius 2 is 1.04 bits per heavy atom. The lowest BCUT2D eigenvalue weighted by atomic mass is 9.72. The van der Waals surface area contributed by atoms with Crippen LogP contribution in [0.2, 0.25) is 0 Å². The average molecular weight is 644 g/mol. The summed E-state index contributed by atoms with van der Waals surface area (Å²) in [4.78, 5) is 2.48. The number of hydrogen-bond donors (Lipinski definition) is 0. The highest BCUT2D eigenvalue weighted by atomic mass is 16.3. The predicted molar refractivity (Wildman–Crippen MR) is 209 cm³/mol. The monoisotopic (exact) mass is 643 g/mol. The van der Waals surface area contributed by atoms with Gasteiger partial charge in [0.2, 0.25) is 0 Å². The zero-order valence-electron chi connectivity index (χ0n) is 28.8. The van der Waals surface area contributed by atoms with Gasteiger partial charge < -0.3 is 9.32 Å². The van der Waals surface area contributed by atoms with Crippen LogP contribution in [-0.2, 0) is 10.8 Å². The normalized spacial score (nSPS) is 15.1. The van der Waals surface area contributed by atoms with Gasteiger partial charge in [-0.3, -0.25) is 0 Å². The summed E-state index contributed by atoms with van der Waals surface area (Å²) in [5, 5.41) is 2.31. The first kappa shape index (κ1) is 29.1. The van der Waals surface area contributed by atoms with Crippen LogP contribution in [0.15, 0.2) is 156 Å². The Hall–Kier alpha value is -5.86. The fraction of sp³-hybridized carbons (Fsp3) is 0.125. The number of hydrogen-bond acceptors (Lipinski definition) is 2. The summed E-state index contributed by atoms with van der Waals surface area (Å²) in [6, 6.07) is 55.6. The first-order valence-electron chi connectivity index (χ1n) is 17.6. The van der Waals surface area contributed by atoms with Crippen molar-refractivity contribution in [3.8, 4) is 33.4 Å². The fourth-order valence-electron chi connectivity index (χ4n) is 8.81. The lowest BCUT2D eigenvalue weighted by Gasteiger charge is -2.42. The second kappa shape index (κ2) is 10.3. The van der Waals surface area contributed by atoms with Gasteiger partial charge in [0, 0.05) is 32.9 Å².